The van der Waals surface area contributed by atoms with Gasteiger partial charge >= 0.3 is 6.09 Å². The van der Waals surface area contributed by atoms with Crippen LogP contribution in [0.15, 0.2) is 18.2 Å². The van der Waals surface area contributed by atoms with E-state index in [1.807, 2.05) is 85.1 Å². The zero-order valence-electron chi connectivity index (χ0n) is 21.4. The number of hydrogen-bond acceptors (Lipinski definition) is 6. The Labute approximate surface area is 194 Å². The monoisotopic (exact) mass is 453 g/mol. The van der Waals surface area contributed by atoms with E-state index in [-0.39, 0.29) is 6.09 Å². The fourth-order valence-electron chi connectivity index (χ4n) is 2.69. The normalized spacial score (nSPS) is 9.53. The van der Waals surface area contributed by atoms with E-state index in [9.17, 15) is 4.79 Å². The Kier molecular flexibility index (Phi) is 20.1. The van der Waals surface area contributed by atoms with Crippen LogP contribution in [0.1, 0.15) is 65.2 Å². The lowest BCUT2D eigenvalue weighted by atomic mass is 9.99. The summed E-state index contributed by atoms with van der Waals surface area (Å²) in [5.74, 6) is 0.476. The Hall–Kier alpha value is -2.74. The Balaban J connectivity index is -0.00000129. The average Bonchev–Trinajstić information content (AvgIpc) is 2.78. The maximum Gasteiger partial charge on any atom is 0.410 e. The van der Waals surface area contributed by atoms with Crippen molar-refractivity contribution >= 4 is 25.5 Å². The molecule has 0 saturated heterocycles. The second-order valence-electron chi connectivity index (χ2n) is 7.23. The molecule has 0 aliphatic rings. The molecule has 0 spiro atoms. The average molecular weight is 454 g/mol. The highest BCUT2D eigenvalue weighted by Gasteiger charge is 2.22. The molecule has 8 nitrogen and oxygen atoms in total. The van der Waals surface area contributed by atoms with Crippen molar-refractivity contribution in [2.24, 2.45) is 0 Å². The molecular weight excluding hydrogens is 410 g/mol. The van der Waals surface area contributed by atoms with Crippen LogP contribution >= 0.6 is 0 Å². The first-order chi connectivity index (χ1) is 15.1. The topological polar surface area (TPSA) is 100 Å². The number of nitrogens with zero attached hydrogens (tertiary/aromatic N) is 2. The van der Waals surface area contributed by atoms with Crippen molar-refractivity contribution in [3.8, 4) is 0 Å². The lowest BCUT2D eigenvalue weighted by Crippen LogP contribution is -2.34. The van der Waals surface area contributed by atoms with Crippen molar-refractivity contribution < 1.29 is 23.9 Å². The van der Waals surface area contributed by atoms with E-state index >= 15 is 0 Å². The number of carbonyl (C=O) groups excluding carboxylic acids is 3. The van der Waals surface area contributed by atoms with Crippen LogP contribution < -0.4 is 0 Å². The summed E-state index contributed by atoms with van der Waals surface area (Å²) in [6.45, 7) is 19.9. The fourth-order valence-corrected chi connectivity index (χ4v) is 2.69. The zero-order valence-corrected chi connectivity index (χ0v) is 21.4. The number of amidine groups is 1. The maximum absolute atomic E-state index is 12.3. The minimum atomic E-state index is -0.534. The quantitative estimate of drug-likeness (QED) is 0.481. The van der Waals surface area contributed by atoms with Crippen LogP contribution in [0.3, 0.4) is 0 Å². The van der Waals surface area contributed by atoms with Crippen molar-refractivity contribution in [3.63, 3.8) is 0 Å². The summed E-state index contributed by atoms with van der Waals surface area (Å²) in [5, 5.41) is 8.55. The standard InChI is InChI=1S/C20H33N3O3.C2H6.2CH2O/c1-8-23(9-2)18(21)16-12-10-11-15(17(16)14-25-7)13-22(6)19(24)26-20(3,4)5;3*1-2/h10-12,21H,8-9,13-14H2,1-7H3;1-2H3;2*1H2. The summed E-state index contributed by atoms with van der Waals surface area (Å²) in [4.78, 5) is 31.8. The van der Waals surface area contributed by atoms with Crippen molar-refractivity contribution in [1.29, 1.82) is 5.41 Å². The van der Waals surface area contributed by atoms with Gasteiger partial charge in [0.15, 0.2) is 0 Å². The third-order valence-corrected chi connectivity index (χ3v) is 4.01. The number of ether oxygens (including phenoxy) is 2. The van der Waals surface area contributed by atoms with E-state index in [0.29, 0.717) is 19.0 Å². The molecule has 0 bridgehead atoms. The molecule has 0 heterocycles. The molecule has 0 aromatic heterocycles. The van der Waals surface area contributed by atoms with Crippen LogP contribution in [0, 0.1) is 5.41 Å². The predicted octanol–water partition coefficient (Wildman–Crippen LogP) is 4.52. The van der Waals surface area contributed by atoms with Gasteiger partial charge < -0.3 is 28.9 Å². The molecule has 0 fully saturated rings. The zero-order chi connectivity index (χ0) is 25.9. The molecule has 32 heavy (non-hydrogen) atoms. The van der Waals surface area contributed by atoms with Crippen molar-refractivity contribution in [3.05, 3.63) is 34.9 Å². The van der Waals surface area contributed by atoms with Gasteiger partial charge in [0.1, 0.15) is 25.0 Å². The Morgan fingerprint density at radius 1 is 1.06 bits per heavy atom. The first-order valence-corrected chi connectivity index (χ1v) is 10.6. The number of nitrogens with one attached hydrogen (secondary N) is 1. The van der Waals surface area contributed by atoms with Crippen molar-refractivity contribution in [1.82, 2.24) is 9.80 Å². The minimum Gasteiger partial charge on any atom is -0.444 e. The molecule has 8 heteroatoms. The first-order valence-electron chi connectivity index (χ1n) is 10.6. The summed E-state index contributed by atoms with van der Waals surface area (Å²) >= 11 is 0. The SMILES string of the molecule is C=O.C=O.CC.CCN(CC)C(=N)c1cccc(CN(C)C(=O)OC(C)(C)C)c1COC. The highest BCUT2D eigenvalue weighted by molar-refractivity contribution is 5.98. The molecular formula is C24H43N3O5. The molecule has 1 aromatic carbocycles. The van der Waals surface area contributed by atoms with Gasteiger partial charge in [0.05, 0.1) is 6.61 Å². The van der Waals surface area contributed by atoms with E-state index in [4.69, 9.17) is 24.5 Å². The highest BCUT2D eigenvalue weighted by Crippen LogP contribution is 2.20. The largest absolute Gasteiger partial charge is 0.444 e. The minimum absolute atomic E-state index is 0.370. The van der Waals surface area contributed by atoms with E-state index in [2.05, 4.69) is 0 Å². The predicted molar refractivity (Wildman–Crippen MR) is 130 cm³/mol. The lowest BCUT2D eigenvalue weighted by Gasteiger charge is -2.27. The lowest BCUT2D eigenvalue weighted by molar-refractivity contribution is -0.0987. The maximum atomic E-state index is 12.3. The van der Waals surface area contributed by atoms with Gasteiger partial charge in [0.2, 0.25) is 0 Å². The highest BCUT2D eigenvalue weighted by atomic mass is 16.6. The van der Waals surface area contributed by atoms with Gasteiger partial charge in [-0.05, 0) is 45.7 Å². The summed E-state index contributed by atoms with van der Waals surface area (Å²) in [7, 11) is 3.35. The van der Waals surface area contributed by atoms with Crippen molar-refractivity contribution in [2.75, 3.05) is 27.2 Å². The van der Waals surface area contributed by atoms with E-state index in [1.165, 1.54) is 0 Å². The summed E-state index contributed by atoms with van der Waals surface area (Å²) in [6, 6.07) is 5.82. The van der Waals surface area contributed by atoms with Gasteiger partial charge in [-0.3, -0.25) is 5.41 Å². The number of hydrogen-bond donors (Lipinski definition) is 1. The number of carbonyl (C=O) groups is 3. The van der Waals surface area contributed by atoms with Crippen LogP contribution in [-0.4, -0.2) is 68.2 Å². The number of benzene rings is 1. The van der Waals surface area contributed by atoms with Crippen LogP contribution in [-0.2, 0) is 32.2 Å². The van der Waals surface area contributed by atoms with Gasteiger partial charge in [-0.25, -0.2) is 4.79 Å². The summed E-state index contributed by atoms with van der Waals surface area (Å²) in [5.41, 5.74) is 2.19. The summed E-state index contributed by atoms with van der Waals surface area (Å²) < 4.78 is 10.8. The molecule has 184 valence electrons. The summed E-state index contributed by atoms with van der Waals surface area (Å²) in [6.07, 6.45) is -0.370. The molecule has 1 N–H and O–H groups in total. The van der Waals surface area contributed by atoms with Gasteiger partial charge in [-0.2, -0.15) is 0 Å². The van der Waals surface area contributed by atoms with Crippen LogP contribution in [0.25, 0.3) is 0 Å². The number of amides is 1. The molecule has 0 atom stereocenters. The third-order valence-electron chi connectivity index (χ3n) is 4.01. The Morgan fingerprint density at radius 2 is 1.56 bits per heavy atom. The second kappa shape index (κ2) is 19.0. The second-order valence-corrected chi connectivity index (χ2v) is 7.23. The number of methoxy groups -OCH3 is 1. The molecule has 0 aliphatic heterocycles. The third kappa shape index (κ3) is 12.2. The molecule has 0 unspecified atom stereocenters. The van der Waals surface area contributed by atoms with Gasteiger partial charge in [0.25, 0.3) is 0 Å². The van der Waals surface area contributed by atoms with Gasteiger partial charge in [-0.1, -0.05) is 32.0 Å². The molecule has 0 radical (unpaired) electrons. The van der Waals surface area contributed by atoms with E-state index in [0.717, 1.165) is 29.8 Å². The van der Waals surface area contributed by atoms with Crippen LogP contribution in [0.5, 0.6) is 0 Å². The van der Waals surface area contributed by atoms with Crippen LogP contribution in [0.2, 0.25) is 0 Å². The van der Waals surface area contributed by atoms with Crippen LogP contribution in [0.4, 0.5) is 4.79 Å². The number of rotatable bonds is 7. The fraction of sp³-hybridized carbons (Fsp3) is 0.583. The van der Waals surface area contributed by atoms with Gasteiger partial charge in [-0.15, -0.1) is 0 Å². The Morgan fingerprint density at radius 3 is 1.97 bits per heavy atom. The molecule has 0 saturated carbocycles. The molecule has 1 aromatic rings. The van der Waals surface area contributed by atoms with Gasteiger partial charge in [0, 0.05) is 39.4 Å². The molecule has 1 amide bonds. The van der Waals surface area contributed by atoms with E-state index in [1.54, 1.807) is 19.1 Å². The molecule has 0 aliphatic carbocycles. The molecule has 1 rings (SSSR count). The van der Waals surface area contributed by atoms with Crippen molar-refractivity contribution in [2.45, 2.75) is 67.2 Å². The Bertz CT molecular complexity index is 654. The first kappa shape index (κ1) is 33.9. The van der Waals surface area contributed by atoms with E-state index < -0.39 is 5.60 Å². The smallest absolute Gasteiger partial charge is 0.410 e.